The first-order valence-corrected chi connectivity index (χ1v) is 27.3. The van der Waals surface area contributed by atoms with Gasteiger partial charge in [0.05, 0.1) is 39.9 Å². The van der Waals surface area contributed by atoms with Crippen molar-refractivity contribution in [2.75, 3.05) is 40.9 Å². The zero-order valence-corrected chi connectivity index (χ0v) is 41.8. The number of carbonyl (C=O) groups is 1. The Morgan fingerprint density at radius 1 is 0.557 bits per heavy atom. The van der Waals surface area contributed by atoms with Gasteiger partial charge >= 0.3 is 7.82 Å². The van der Waals surface area contributed by atoms with E-state index in [1.54, 1.807) is 0 Å². The molecule has 3 unspecified atom stereocenters. The number of hydrogen-bond acceptors (Lipinski definition) is 5. The van der Waals surface area contributed by atoms with Gasteiger partial charge in [0, 0.05) is 6.42 Å². The topological polar surface area (TPSA) is 105 Å². The third kappa shape index (κ3) is 46.5. The highest BCUT2D eigenvalue weighted by atomic mass is 31.2. The zero-order valence-electron chi connectivity index (χ0n) is 40.9. The second-order valence-electron chi connectivity index (χ2n) is 18.9. The average molecular weight is 882 g/mol. The number of hydrogen-bond donors (Lipinski definition) is 3. The van der Waals surface area contributed by atoms with E-state index >= 15 is 0 Å². The molecule has 3 atom stereocenters. The number of aliphatic hydroxyl groups is 1. The first-order valence-electron chi connectivity index (χ1n) is 25.9. The molecule has 0 spiro atoms. The maximum atomic E-state index is 13.0. The number of rotatable bonds is 47. The predicted octanol–water partition coefficient (Wildman–Crippen LogP) is 15.0. The van der Waals surface area contributed by atoms with Crippen LogP contribution in [0.15, 0.2) is 36.5 Å². The van der Waals surface area contributed by atoms with Gasteiger partial charge in [-0.3, -0.25) is 13.8 Å². The number of carbonyl (C=O) groups excluding carboxylic acids is 1. The van der Waals surface area contributed by atoms with Crippen molar-refractivity contribution in [3.63, 3.8) is 0 Å². The molecule has 0 aliphatic heterocycles. The highest BCUT2D eigenvalue weighted by Gasteiger charge is 2.28. The van der Waals surface area contributed by atoms with Crippen LogP contribution in [0.3, 0.4) is 0 Å². The molecule has 8 nitrogen and oxygen atoms in total. The number of amides is 1. The molecule has 1 amide bonds. The van der Waals surface area contributed by atoms with Crippen LogP contribution < -0.4 is 5.32 Å². The molecule has 0 aliphatic rings. The highest BCUT2D eigenvalue weighted by Crippen LogP contribution is 2.43. The minimum absolute atomic E-state index is 0.0728. The predicted molar refractivity (Wildman–Crippen MR) is 263 cm³/mol. The van der Waals surface area contributed by atoms with E-state index in [-0.39, 0.29) is 19.1 Å². The minimum Gasteiger partial charge on any atom is -0.391 e. The lowest BCUT2D eigenvalue weighted by molar-refractivity contribution is -0.870. The summed E-state index contributed by atoms with van der Waals surface area (Å²) < 4.78 is 23.7. The summed E-state index contributed by atoms with van der Waals surface area (Å²) in [6.45, 7) is 4.89. The number of allylic oxidation sites excluding steroid dienone is 6. The molecule has 0 bridgehead atoms. The van der Waals surface area contributed by atoms with E-state index in [4.69, 9.17) is 9.05 Å². The molecule has 0 aromatic heterocycles. The summed E-state index contributed by atoms with van der Waals surface area (Å²) in [5, 5.41) is 14.0. The van der Waals surface area contributed by atoms with Gasteiger partial charge in [-0.1, -0.05) is 217 Å². The van der Waals surface area contributed by atoms with Crippen molar-refractivity contribution < 1.29 is 32.9 Å². The molecule has 0 radical (unpaired) electrons. The Hall–Kier alpha value is -1.28. The normalized spacial score (nSPS) is 14.4. The molecule has 3 N–H and O–H groups in total. The maximum Gasteiger partial charge on any atom is 0.472 e. The zero-order chi connectivity index (χ0) is 45.0. The first kappa shape index (κ1) is 59.7. The van der Waals surface area contributed by atoms with Gasteiger partial charge in [-0.25, -0.2) is 4.57 Å². The van der Waals surface area contributed by atoms with E-state index in [2.05, 4.69) is 55.6 Å². The molecule has 0 aliphatic carbocycles. The van der Waals surface area contributed by atoms with Crippen LogP contribution in [0.25, 0.3) is 0 Å². The fraction of sp³-hybridized carbons (Fsp3) is 0.865. The van der Waals surface area contributed by atoms with Crippen LogP contribution in [-0.2, 0) is 18.4 Å². The molecule has 0 saturated carbocycles. The van der Waals surface area contributed by atoms with Crippen LogP contribution in [0.5, 0.6) is 0 Å². The molecule has 61 heavy (non-hydrogen) atoms. The van der Waals surface area contributed by atoms with E-state index < -0.39 is 20.0 Å². The second kappa shape index (κ2) is 43.9. The van der Waals surface area contributed by atoms with Crippen molar-refractivity contribution in [2.24, 2.45) is 0 Å². The highest BCUT2D eigenvalue weighted by molar-refractivity contribution is 7.47. The lowest BCUT2D eigenvalue weighted by Gasteiger charge is -2.26. The summed E-state index contributed by atoms with van der Waals surface area (Å²) in [4.78, 5) is 23.3. The van der Waals surface area contributed by atoms with Crippen molar-refractivity contribution in [1.82, 2.24) is 5.32 Å². The van der Waals surface area contributed by atoms with Crippen molar-refractivity contribution in [3.8, 4) is 0 Å². The van der Waals surface area contributed by atoms with Gasteiger partial charge < -0.3 is 19.8 Å². The van der Waals surface area contributed by atoms with E-state index in [0.29, 0.717) is 23.9 Å². The number of unbranched alkanes of at least 4 members (excludes halogenated alkanes) is 28. The second-order valence-corrected chi connectivity index (χ2v) is 20.4. The van der Waals surface area contributed by atoms with Gasteiger partial charge in [0.1, 0.15) is 13.2 Å². The lowest BCUT2D eigenvalue weighted by Crippen LogP contribution is -2.46. The monoisotopic (exact) mass is 882 g/mol. The van der Waals surface area contributed by atoms with Crippen LogP contribution in [-0.4, -0.2) is 73.4 Å². The Kier molecular flexibility index (Phi) is 43.0. The third-order valence-corrected chi connectivity index (χ3v) is 12.6. The Labute approximate surface area is 378 Å². The number of likely N-dealkylation sites (N-methyl/N-ethyl adjacent to an activating group) is 1. The van der Waals surface area contributed by atoms with Crippen LogP contribution in [0, 0.1) is 0 Å². The summed E-state index contributed by atoms with van der Waals surface area (Å²) in [6, 6.07) is -0.764. The van der Waals surface area contributed by atoms with Gasteiger partial charge in [-0.15, -0.1) is 0 Å². The first-order chi connectivity index (χ1) is 29.5. The molecule has 0 rings (SSSR count). The summed E-state index contributed by atoms with van der Waals surface area (Å²) in [7, 11) is 1.61. The standard InChI is InChI=1S/C52H101N2O6P/c1-6-8-10-12-14-16-18-20-22-24-25-26-27-28-29-30-32-34-36-38-40-42-44-46-52(56)53-50(49-60-61(57,58)59-48-47-54(3,4)5)51(55)45-43-41-39-37-35-33-31-23-21-19-17-15-13-11-9-7-2/h18,20,24-25,27-28,50-51,55H,6-17,19,21-23,26,29-49H2,1-5H3,(H-,53,56,57,58)/p+1/b20-18-,25-24-,28-27-. The van der Waals surface area contributed by atoms with Crippen molar-refractivity contribution in [3.05, 3.63) is 36.5 Å². The number of nitrogens with zero attached hydrogens (tertiary/aromatic N) is 1. The van der Waals surface area contributed by atoms with Gasteiger partial charge in [-0.05, 0) is 51.4 Å². The summed E-state index contributed by atoms with van der Waals surface area (Å²) in [5.41, 5.74) is 0. The van der Waals surface area contributed by atoms with Crippen molar-refractivity contribution >= 4 is 13.7 Å². The van der Waals surface area contributed by atoms with Gasteiger partial charge in [0.2, 0.25) is 5.91 Å². The van der Waals surface area contributed by atoms with E-state index in [9.17, 15) is 19.4 Å². The number of nitrogens with one attached hydrogen (secondary N) is 1. The van der Waals surface area contributed by atoms with Crippen LogP contribution >= 0.6 is 7.82 Å². The van der Waals surface area contributed by atoms with Crippen LogP contribution in [0.2, 0.25) is 0 Å². The number of quaternary nitrogens is 1. The fourth-order valence-corrected chi connectivity index (χ4v) is 8.26. The van der Waals surface area contributed by atoms with Crippen molar-refractivity contribution in [2.45, 2.75) is 251 Å². The lowest BCUT2D eigenvalue weighted by atomic mass is 10.0. The molecular weight excluding hydrogens is 780 g/mol. The Morgan fingerprint density at radius 2 is 0.934 bits per heavy atom. The average Bonchev–Trinajstić information content (AvgIpc) is 3.21. The SMILES string of the molecule is CCCCCCC/C=C\C/C=C\C/C=C\CCCCCCCCCCC(=O)NC(COP(=O)(O)OCC[N+](C)(C)C)C(O)CCCCCCCCCCCCCCCCCC. The molecule has 0 aromatic rings. The Morgan fingerprint density at radius 3 is 1.36 bits per heavy atom. The maximum absolute atomic E-state index is 13.0. The van der Waals surface area contributed by atoms with Crippen molar-refractivity contribution in [1.29, 1.82) is 0 Å². The summed E-state index contributed by atoms with van der Waals surface area (Å²) >= 11 is 0. The van der Waals surface area contributed by atoms with Crippen LogP contribution in [0.1, 0.15) is 239 Å². The number of phosphoric acid groups is 1. The van der Waals surface area contributed by atoms with Crippen LogP contribution in [0.4, 0.5) is 0 Å². The largest absolute Gasteiger partial charge is 0.472 e. The number of phosphoric ester groups is 1. The number of aliphatic hydroxyl groups excluding tert-OH is 1. The molecule has 0 heterocycles. The minimum atomic E-state index is -4.32. The summed E-state index contributed by atoms with van der Waals surface area (Å²) in [5.74, 6) is -0.151. The third-order valence-electron chi connectivity index (χ3n) is 11.6. The van der Waals surface area contributed by atoms with Gasteiger partial charge in [0.25, 0.3) is 0 Å². The molecule has 9 heteroatoms. The Balaban J connectivity index is 4.26. The van der Waals surface area contributed by atoms with Gasteiger partial charge in [-0.2, -0.15) is 0 Å². The molecular formula is C52H102N2O6P+. The quantitative estimate of drug-likeness (QED) is 0.0243. The smallest absolute Gasteiger partial charge is 0.391 e. The van der Waals surface area contributed by atoms with E-state index in [0.717, 1.165) is 57.8 Å². The molecule has 0 fully saturated rings. The van der Waals surface area contributed by atoms with Gasteiger partial charge in [0.15, 0.2) is 0 Å². The fourth-order valence-electron chi connectivity index (χ4n) is 7.52. The summed E-state index contributed by atoms with van der Waals surface area (Å²) in [6.07, 6.45) is 54.6. The van der Waals surface area contributed by atoms with E-state index in [1.807, 2.05) is 21.1 Å². The molecule has 0 aromatic carbocycles. The molecule has 360 valence electrons. The van der Waals surface area contributed by atoms with E-state index in [1.165, 1.54) is 154 Å². The Bertz CT molecular complexity index is 1090. The molecule has 0 saturated heterocycles.